The van der Waals surface area contributed by atoms with Gasteiger partial charge in [0.2, 0.25) is 0 Å². The zero-order chi connectivity index (χ0) is 59.1. The first-order valence-electron chi connectivity index (χ1n) is 30.3. The molecule has 10 aromatic rings. The van der Waals surface area contributed by atoms with Gasteiger partial charge in [0.25, 0.3) is 6.71 Å². The molecule has 0 radical (unpaired) electrons. The van der Waals surface area contributed by atoms with E-state index in [1.807, 2.05) is 0 Å². The summed E-state index contributed by atoms with van der Waals surface area (Å²) in [6.45, 7) is 41.8. The second kappa shape index (κ2) is 19.4. The van der Waals surface area contributed by atoms with Gasteiger partial charge in [-0.1, -0.05) is 203 Å². The number of anilines is 9. The molecular formula is C78H85BN4. The lowest BCUT2D eigenvalue weighted by Gasteiger charge is -2.45. The fourth-order valence-corrected chi connectivity index (χ4v) is 12.8. The summed E-state index contributed by atoms with van der Waals surface area (Å²) < 4.78 is 2.47. The van der Waals surface area contributed by atoms with E-state index in [4.69, 9.17) is 0 Å². The Hall–Kier alpha value is -7.76. The first kappa shape index (κ1) is 55.8. The van der Waals surface area contributed by atoms with E-state index in [9.17, 15) is 0 Å². The molecule has 0 aliphatic carbocycles. The van der Waals surface area contributed by atoms with E-state index in [2.05, 4.69) is 332 Å². The van der Waals surface area contributed by atoms with Crippen molar-refractivity contribution in [3.05, 3.63) is 221 Å². The number of nitrogens with zero attached hydrogens (tertiary/aromatic N) is 4. The average molecular weight is 1090 g/mol. The third-order valence-electron chi connectivity index (χ3n) is 17.9. The Balaban J connectivity index is 1.14. The molecule has 0 fully saturated rings. The van der Waals surface area contributed by atoms with Crippen molar-refractivity contribution in [1.82, 2.24) is 4.57 Å². The summed E-state index contributed by atoms with van der Waals surface area (Å²) in [5.74, 6) is 0. The lowest BCUT2D eigenvalue weighted by Crippen LogP contribution is -2.61. The van der Waals surface area contributed by atoms with E-state index in [1.54, 1.807) is 0 Å². The zero-order valence-corrected chi connectivity index (χ0v) is 52.8. The fourth-order valence-electron chi connectivity index (χ4n) is 12.8. The first-order valence-corrected chi connectivity index (χ1v) is 30.3. The number of para-hydroxylation sites is 1. The van der Waals surface area contributed by atoms with Crippen LogP contribution in [0.4, 0.5) is 51.2 Å². The summed E-state index contributed by atoms with van der Waals surface area (Å²) in [5, 5.41) is 2.58. The van der Waals surface area contributed by atoms with E-state index in [-0.39, 0.29) is 39.2 Å². The van der Waals surface area contributed by atoms with Crippen LogP contribution in [0.3, 0.4) is 0 Å². The van der Waals surface area contributed by atoms with E-state index in [0.29, 0.717) is 0 Å². The van der Waals surface area contributed by atoms with Crippen LogP contribution in [0.15, 0.2) is 188 Å². The minimum absolute atomic E-state index is 0.000487. The maximum absolute atomic E-state index is 2.58. The van der Waals surface area contributed by atoms with Gasteiger partial charge in [-0.25, -0.2) is 0 Å². The summed E-state index contributed by atoms with van der Waals surface area (Å²) in [4.78, 5) is 7.64. The minimum atomic E-state index is -0.0639. The van der Waals surface area contributed by atoms with E-state index in [0.717, 1.165) is 34.1 Å². The highest BCUT2D eigenvalue weighted by Gasteiger charge is 2.45. The van der Waals surface area contributed by atoms with Crippen LogP contribution in [0.25, 0.3) is 27.5 Å². The van der Waals surface area contributed by atoms with Crippen LogP contribution in [0, 0.1) is 0 Å². The van der Waals surface area contributed by atoms with Gasteiger partial charge >= 0.3 is 0 Å². The highest BCUT2D eigenvalue weighted by atomic mass is 15.2. The Kier molecular flexibility index (Phi) is 13.0. The molecule has 0 atom stereocenters. The quantitative estimate of drug-likeness (QED) is 0.154. The number of rotatable bonds is 6. The van der Waals surface area contributed by atoms with E-state index < -0.39 is 0 Å². The molecule has 420 valence electrons. The van der Waals surface area contributed by atoms with E-state index in [1.165, 1.54) is 94.3 Å². The van der Waals surface area contributed by atoms with Gasteiger partial charge in [-0.2, -0.15) is 0 Å². The standard InChI is InChI=1S/C78H85BN4/c1-73(2,3)50-24-32-58(33-25-50)82-68-42-30-54(77(13,14)15)46-64(68)79-65-47-55(78(16,17)18)31-43-69(65)83(59-34-26-51(27-35-59)74(4,5)6)71-49-61(48-70(82)72(71)79)80(56-22-20-19-21-23-56)57-36-38-60(39-37-57)81-66-40-28-52(75(7,8)9)44-62(66)63-45-53(76(10,11)12)29-41-67(63)81/h19-49H,1-18H3. The monoisotopic (exact) mass is 1090 g/mol. The Morgan fingerprint density at radius 2 is 0.627 bits per heavy atom. The Morgan fingerprint density at radius 1 is 0.289 bits per heavy atom. The molecule has 9 aromatic carbocycles. The molecule has 0 bridgehead atoms. The minimum Gasteiger partial charge on any atom is -0.311 e. The first-order chi connectivity index (χ1) is 38.9. The summed E-state index contributed by atoms with van der Waals surface area (Å²) in [6.07, 6.45) is 0. The summed E-state index contributed by atoms with van der Waals surface area (Å²) in [7, 11) is 0. The average Bonchev–Trinajstić information content (AvgIpc) is 2.63. The third-order valence-corrected chi connectivity index (χ3v) is 17.9. The van der Waals surface area contributed by atoms with Crippen molar-refractivity contribution in [3.63, 3.8) is 0 Å². The summed E-state index contributed by atoms with van der Waals surface area (Å²) in [5.41, 5.74) is 25.7. The third kappa shape index (κ3) is 9.86. The van der Waals surface area contributed by atoms with Crippen molar-refractivity contribution in [2.24, 2.45) is 0 Å². The van der Waals surface area contributed by atoms with Gasteiger partial charge in [-0.15, -0.1) is 0 Å². The molecule has 83 heavy (non-hydrogen) atoms. The van der Waals surface area contributed by atoms with Crippen LogP contribution < -0.4 is 31.1 Å². The molecule has 0 spiro atoms. The van der Waals surface area contributed by atoms with Gasteiger partial charge < -0.3 is 19.3 Å². The second-order valence-corrected chi connectivity index (χ2v) is 30.1. The number of fused-ring (bicyclic) bond motifs is 7. The number of hydrogen-bond acceptors (Lipinski definition) is 3. The van der Waals surface area contributed by atoms with Gasteiger partial charge in [-0.05, 0) is 191 Å². The molecule has 3 heterocycles. The molecular weight excluding hydrogens is 1000 g/mol. The lowest BCUT2D eigenvalue weighted by molar-refractivity contribution is 0.590. The number of hydrogen-bond donors (Lipinski definition) is 0. The number of aromatic nitrogens is 1. The molecule has 5 heteroatoms. The van der Waals surface area contributed by atoms with Gasteiger partial charge in [-0.3, -0.25) is 0 Å². The van der Waals surface area contributed by atoms with Crippen LogP contribution >= 0.6 is 0 Å². The molecule has 1 aromatic heterocycles. The van der Waals surface area contributed by atoms with Gasteiger partial charge in [0.15, 0.2) is 0 Å². The van der Waals surface area contributed by atoms with Crippen molar-refractivity contribution in [1.29, 1.82) is 0 Å². The molecule has 4 nitrogen and oxygen atoms in total. The van der Waals surface area contributed by atoms with Crippen LogP contribution in [-0.2, 0) is 32.5 Å². The predicted molar refractivity (Wildman–Crippen MR) is 362 cm³/mol. The fraction of sp³-hybridized carbons (Fsp3) is 0.308. The molecule has 0 saturated heterocycles. The number of benzene rings is 9. The van der Waals surface area contributed by atoms with Gasteiger partial charge in [0, 0.05) is 62.0 Å². The van der Waals surface area contributed by atoms with E-state index >= 15 is 0 Å². The van der Waals surface area contributed by atoms with Crippen LogP contribution in [0.2, 0.25) is 0 Å². The lowest BCUT2D eigenvalue weighted by atomic mass is 9.33. The molecule has 0 saturated carbocycles. The SMILES string of the molecule is CC(C)(C)c1ccc(N2c3ccc(C(C)(C)C)cc3B3c4cc(C(C)(C)C)ccc4N(c4ccc(C(C)(C)C)cc4)c4cc(N(c5ccccc5)c5ccc(-n6c7ccc(C(C)(C)C)cc7c7cc(C(C)(C)C)ccc76)cc5)cc2c43)cc1. The van der Waals surface area contributed by atoms with Crippen LogP contribution in [0.1, 0.15) is 158 Å². The molecule has 0 amide bonds. The van der Waals surface area contributed by atoms with Crippen molar-refractivity contribution in [2.45, 2.75) is 157 Å². The van der Waals surface area contributed by atoms with Crippen LogP contribution in [0.5, 0.6) is 0 Å². The van der Waals surface area contributed by atoms with Gasteiger partial charge in [0.05, 0.1) is 16.7 Å². The Labute approximate surface area is 496 Å². The highest BCUT2D eigenvalue weighted by molar-refractivity contribution is 7.00. The molecule has 12 rings (SSSR count). The predicted octanol–water partition coefficient (Wildman–Crippen LogP) is 20.1. The highest BCUT2D eigenvalue weighted by Crippen LogP contribution is 2.50. The smallest absolute Gasteiger partial charge is 0.252 e. The maximum Gasteiger partial charge on any atom is 0.252 e. The van der Waals surface area contributed by atoms with Crippen LogP contribution in [-0.4, -0.2) is 11.3 Å². The molecule has 2 aliphatic heterocycles. The Bertz CT molecular complexity index is 3900. The summed E-state index contributed by atoms with van der Waals surface area (Å²) >= 11 is 0. The topological polar surface area (TPSA) is 14.7 Å². The zero-order valence-electron chi connectivity index (χ0n) is 52.8. The normalized spacial score (nSPS) is 13.8. The molecule has 0 unspecified atom stereocenters. The molecule has 2 aliphatic rings. The van der Waals surface area contributed by atoms with Gasteiger partial charge in [0.1, 0.15) is 0 Å². The second-order valence-electron chi connectivity index (χ2n) is 30.1. The van der Waals surface area contributed by atoms with Crippen molar-refractivity contribution in [2.75, 3.05) is 14.7 Å². The molecule has 0 N–H and O–H groups in total. The van der Waals surface area contributed by atoms with Crippen molar-refractivity contribution >= 4 is 96.1 Å². The summed E-state index contributed by atoms with van der Waals surface area (Å²) in [6, 6.07) is 73.0. The maximum atomic E-state index is 2.58. The Morgan fingerprint density at radius 3 is 1.01 bits per heavy atom. The van der Waals surface area contributed by atoms with Crippen molar-refractivity contribution < 1.29 is 0 Å². The van der Waals surface area contributed by atoms with Crippen molar-refractivity contribution in [3.8, 4) is 5.69 Å². The largest absolute Gasteiger partial charge is 0.311 e.